The standard InChI is InChI=1S/C24H46N4O5/c1-16(2)21(18(5)29)27-23(31)22(17(3)4)28(6)15-11-7-8-13-20(30)26-14-10-9-12-19(25)24(32)33/h16-17,19,21-22H,7-15,25H2,1-6H3,(H,26,30)(H,27,31)(H,32,33)/t19-,21-,22-/m0/s1. The minimum absolute atomic E-state index is 0.00529. The Morgan fingerprint density at radius 1 is 0.939 bits per heavy atom. The zero-order chi connectivity index (χ0) is 25.6. The summed E-state index contributed by atoms with van der Waals surface area (Å²) in [5, 5.41) is 14.5. The second kappa shape index (κ2) is 16.6. The van der Waals surface area contributed by atoms with E-state index in [1.165, 1.54) is 6.92 Å². The minimum Gasteiger partial charge on any atom is -0.480 e. The van der Waals surface area contributed by atoms with Crippen molar-refractivity contribution in [3.63, 3.8) is 0 Å². The zero-order valence-electron chi connectivity index (χ0n) is 21.4. The van der Waals surface area contributed by atoms with Crippen LogP contribution in [0.4, 0.5) is 0 Å². The quantitative estimate of drug-likeness (QED) is 0.224. The fraction of sp³-hybridized carbons (Fsp3) is 0.833. The maximum atomic E-state index is 12.8. The number of carbonyl (C=O) groups is 4. The Balaban J connectivity index is 4.22. The fourth-order valence-corrected chi connectivity index (χ4v) is 3.88. The van der Waals surface area contributed by atoms with Crippen LogP contribution in [0, 0.1) is 11.8 Å². The lowest BCUT2D eigenvalue weighted by atomic mass is 9.97. The molecular weight excluding hydrogens is 424 g/mol. The number of carbonyl (C=O) groups excluding carboxylic acids is 3. The van der Waals surface area contributed by atoms with Gasteiger partial charge < -0.3 is 21.5 Å². The number of Topliss-reactive ketones (excluding diaryl/α,β-unsaturated/α-hetero) is 1. The Hall–Kier alpha value is -2.00. The van der Waals surface area contributed by atoms with Crippen molar-refractivity contribution in [3.05, 3.63) is 0 Å². The molecular formula is C24H46N4O5. The molecule has 0 aliphatic carbocycles. The van der Waals surface area contributed by atoms with Crippen molar-refractivity contribution in [2.24, 2.45) is 17.6 Å². The molecule has 9 nitrogen and oxygen atoms in total. The van der Waals surface area contributed by atoms with E-state index in [-0.39, 0.29) is 35.5 Å². The Labute approximate surface area is 199 Å². The molecule has 0 heterocycles. The average Bonchev–Trinajstić information content (AvgIpc) is 2.70. The number of hydrogen-bond donors (Lipinski definition) is 4. The normalized spacial score (nSPS) is 14.2. The highest BCUT2D eigenvalue weighted by Crippen LogP contribution is 2.13. The molecule has 0 bridgehead atoms. The van der Waals surface area contributed by atoms with Crippen LogP contribution in [0.15, 0.2) is 0 Å². The molecule has 0 aromatic heterocycles. The predicted octanol–water partition coefficient (Wildman–Crippen LogP) is 1.93. The third-order valence-electron chi connectivity index (χ3n) is 5.77. The van der Waals surface area contributed by atoms with E-state index in [9.17, 15) is 19.2 Å². The number of ketones is 1. The summed E-state index contributed by atoms with van der Waals surface area (Å²) in [5.41, 5.74) is 5.44. The van der Waals surface area contributed by atoms with E-state index >= 15 is 0 Å². The first-order valence-electron chi connectivity index (χ1n) is 12.1. The van der Waals surface area contributed by atoms with Gasteiger partial charge in [-0.15, -0.1) is 0 Å². The molecule has 0 unspecified atom stereocenters. The second-order valence-electron chi connectivity index (χ2n) is 9.61. The van der Waals surface area contributed by atoms with Crippen molar-refractivity contribution in [2.75, 3.05) is 20.1 Å². The molecule has 0 aromatic carbocycles. The van der Waals surface area contributed by atoms with E-state index in [0.29, 0.717) is 32.2 Å². The van der Waals surface area contributed by atoms with E-state index in [1.807, 2.05) is 39.6 Å². The Morgan fingerprint density at radius 3 is 2.09 bits per heavy atom. The van der Waals surface area contributed by atoms with Crippen molar-refractivity contribution in [3.8, 4) is 0 Å². The molecule has 0 fully saturated rings. The molecule has 0 saturated carbocycles. The fourth-order valence-electron chi connectivity index (χ4n) is 3.88. The highest BCUT2D eigenvalue weighted by molar-refractivity contribution is 5.90. The van der Waals surface area contributed by atoms with Crippen LogP contribution < -0.4 is 16.4 Å². The minimum atomic E-state index is -0.999. The monoisotopic (exact) mass is 470 g/mol. The van der Waals surface area contributed by atoms with Crippen LogP contribution in [0.5, 0.6) is 0 Å². The van der Waals surface area contributed by atoms with Crippen LogP contribution in [0.3, 0.4) is 0 Å². The van der Waals surface area contributed by atoms with E-state index < -0.39 is 18.1 Å². The average molecular weight is 471 g/mol. The summed E-state index contributed by atoms with van der Waals surface area (Å²) in [6.45, 7) is 10.6. The summed E-state index contributed by atoms with van der Waals surface area (Å²) in [6.07, 6.45) is 4.73. The first-order chi connectivity index (χ1) is 15.4. The van der Waals surface area contributed by atoms with Crippen LogP contribution in [0.1, 0.15) is 79.6 Å². The van der Waals surface area contributed by atoms with Gasteiger partial charge in [-0.1, -0.05) is 34.1 Å². The van der Waals surface area contributed by atoms with Crippen LogP contribution in [-0.2, 0) is 19.2 Å². The summed E-state index contributed by atoms with van der Waals surface area (Å²) in [4.78, 5) is 49.3. The number of nitrogens with two attached hydrogens (primary N) is 1. The van der Waals surface area contributed by atoms with Gasteiger partial charge in [-0.2, -0.15) is 0 Å². The van der Waals surface area contributed by atoms with Gasteiger partial charge in [0, 0.05) is 13.0 Å². The van der Waals surface area contributed by atoms with Crippen molar-refractivity contribution in [1.29, 1.82) is 0 Å². The summed E-state index contributed by atoms with van der Waals surface area (Å²) >= 11 is 0. The van der Waals surface area contributed by atoms with E-state index in [4.69, 9.17) is 10.8 Å². The third kappa shape index (κ3) is 13.3. The SMILES string of the molecule is CC(=O)[C@@H](NC(=O)[C@H](C(C)C)N(C)CCCCCC(=O)NCCCC[C@H](N)C(=O)O)C(C)C. The Bertz CT molecular complexity index is 624. The lowest BCUT2D eigenvalue weighted by Gasteiger charge is -2.32. The van der Waals surface area contributed by atoms with Gasteiger partial charge in [0.25, 0.3) is 0 Å². The van der Waals surface area contributed by atoms with Crippen molar-refractivity contribution in [1.82, 2.24) is 15.5 Å². The number of hydrogen-bond acceptors (Lipinski definition) is 6. The van der Waals surface area contributed by atoms with E-state index in [2.05, 4.69) is 10.6 Å². The number of nitrogens with zero attached hydrogens (tertiary/aromatic N) is 1. The maximum absolute atomic E-state index is 12.8. The molecule has 0 rings (SSSR count). The number of amides is 2. The van der Waals surface area contributed by atoms with Gasteiger partial charge in [0.05, 0.1) is 12.1 Å². The van der Waals surface area contributed by atoms with Gasteiger partial charge in [-0.3, -0.25) is 24.1 Å². The summed E-state index contributed by atoms with van der Waals surface area (Å²) in [7, 11) is 1.92. The lowest BCUT2D eigenvalue weighted by Crippen LogP contribution is -2.53. The molecule has 0 spiro atoms. The molecule has 3 atom stereocenters. The highest BCUT2D eigenvalue weighted by Gasteiger charge is 2.30. The number of rotatable bonds is 18. The number of carboxylic acids is 1. The molecule has 0 saturated heterocycles. The van der Waals surface area contributed by atoms with Gasteiger partial charge in [-0.25, -0.2) is 0 Å². The van der Waals surface area contributed by atoms with E-state index in [0.717, 1.165) is 25.8 Å². The second-order valence-corrected chi connectivity index (χ2v) is 9.61. The van der Waals surface area contributed by atoms with Crippen molar-refractivity contribution in [2.45, 2.75) is 97.7 Å². The number of aliphatic carboxylic acids is 1. The van der Waals surface area contributed by atoms with E-state index in [1.54, 1.807) is 0 Å². The number of nitrogens with one attached hydrogen (secondary N) is 2. The maximum Gasteiger partial charge on any atom is 0.320 e. The number of carboxylic acid groups (broad SMARTS) is 1. The summed E-state index contributed by atoms with van der Waals surface area (Å²) in [5.74, 6) is -1.02. The smallest absolute Gasteiger partial charge is 0.320 e. The molecule has 0 radical (unpaired) electrons. The van der Waals surface area contributed by atoms with Crippen LogP contribution in [0.25, 0.3) is 0 Å². The molecule has 5 N–H and O–H groups in total. The molecule has 0 aliphatic heterocycles. The molecule has 33 heavy (non-hydrogen) atoms. The topological polar surface area (TPSA) is 142 Å². The van der Waals surface area contributed by atoms with Gasteiger partial charge in [0.2, 0.25) is 11.8 Å². The molecule has 9 heteroatoms. The van der Waals surface area contributed by atoms with Crippen molar-refractivity contribution >= 4 is 23.6 Å². The van der Waals surface area contributed by atoms with Crippen LogP contribution >= 0.6 is 0 Å². The van der Waals surface area contributed by atoms with Gasteiger partial charge >= 0.3 is 5.97 Å². The third-order valence-corrected chi connectivity index (χ3v) is 5.77. The molecule has 0 aliphatic rings. The Kier molecular flexibility index (Phi) is 15.6. The lowest BCUT2D eigenvalue weighted by molar-refractivity contribution is -0.138. The molecule has 192 valence electrons. The van der Waals surface area contributed by atoms with Gasteiger partial charge in [0.1, 0.15) is 6.04 Å². The Morgan fingerprint density at radius 2 is 1.58 bits per heavy atom. The molecule has 2 amide bonds. The zero-order valence-corrected chi connectivity index (χ0v) is 21.4. The van der Waals surface area contributed by atoms with Gasteiger partial charge in [0.15, 0.2) is 5.78 Å². The predicted molar refractivity (Wildman–Crippen MR) is 130 cm³/mol. The largest absolute Gasteiger partial charge is 0.480 e. The molecule has 0 aromatic rings. The van der Waals surface area contributed by atoms with Gasteiger partial charge in [-0.05, 0) is 64.5 Å². The van der Waals surface area contributed by atoms with Crippen molar-refractivity contribution < 1.29 is 24.3 Å². The van der Waals surface area contributed by atoms with Crippen LogP contribution in [-0.4, -0.2) is 71.8 Å². The first-order valence-corrected chi connectivity index (χ1v) is 12.1. The highest BCUT2D eigenvalue weighted by atomic mass is 16.4. The van der Waals surface area contributed by atoms with Crippen LogP contribution in [0.2, 0.25) is 0 Å². The first kappa shape index (κ1) is 31.0. The number of unbranched alkanes of at least 4 members (excludes halogenated alkanes) is 3. The number of likely N-dealkylation sites (N-methyl/N-ethyl adjacent to an activating group) is 1. The summed E-state index contributed by atoms with van der Waals surface area (Å²) in [6, 6.07) is -1.63. The summed E-state index contributed by atoms with van der Waals surface area (Å²) < 4.78 is 0.